The van der Waals surface area contributed by atoms with Gasteiger partial charge in [0, 0.05) is 51.4 Å². The minimum Gasteiger partial charge on any atom is -0.332 e. The van der Waals surface area contributed by atoms with Crippen LogP contribution in [0.4, 0.5) is 0 Å². The lowest BCUT2D eigenvalue weighted by Crippen LogP contribution is -2.57. The summed E-state index contributed by atoms with van der Waals surface area (Å²) in [5.74, 6) is -0.908. The molecule has 2 aromatic carbocycles. The van der Waals surface area contributed by atoms with E-state index in [1.54, 1.807) is 39.3 Å². The highest BCUT2D eigenvalue weighted by Crippen LogP contribution is 2.21. The van der Waals surface area contributed by atoms with Gasteiger partial charge in [0.25, 0.3) is 5.91 Å². The predicted molar refractivity (Wildman–Crippen MR) is 163 cm³/mol. The summed E-state index contributed by atoms with van der Waals surface area (Å²) < 4.78 is 0. The average Bonchev–Trinajstić information content (AvgIpc) is 3.41. The van der Waals surface area contributed by atoms with E-state index in [-0.39, 0.29) is 17.7 Å². The van der Waals surface area contributed by atoms with Crippen molar-refractivity contribution < 1.29 is 14.4 Å². The maximum atomic E-state index is 14.1. The Morgan fingerprint density at radius 3 is 2.25 bits per heavy atom. The SMILES string of the molecule is CN(C)NC(=O)[C@@H](Cc1cccs1)N(C)C(=O)C(Cc1ccc2ccccc2c1)N(C)C(=O)/C=C/CC(C)(C)N. The van der Waals surface area contributed by atoms with E-state index >= 15 is 0 Å². The second-order valence-electron chi connectivity index (χ2n) is 11.1. The molecule has 0 radical (unpaired) electrons. The molecule has 1 unspecified atom stereocenters. The zero-order valence-electron chi connectivity index (χ0n) is 24.3. The molecule has 3 N–H and O–H groups in total. The third kappa shape index (κ3) is 8.74. The molecule has 0 bridgehead atoms. The number of fused-ring (bicyclic) bond motifs is 1. The van der Waals surface area contributed by atoms with E-state index in [1.165, 1.54) is 27.2 Å². The summed E-state index contributed by atoms with van der Waals surface area (Å²) in [7, 11) is 6.72. The number of carbonyl (C=O) groups excluding carboxylic acids is 3. The van der Waals surface area contributed by atoms with Crippen LogP contribution in [0.25, 0.3) is 10.8 Å². The normalized spacial score (nSPS) is 13.4. The molecular formula is C31H41N5O3S. The van der Waals surface area contributed by atoms with Gasteiger partial charge in [0.1, 0.15) is 12.1 Å². The minimum atomic E-state index is -0.827. The fourth-order valence-corrected chi connectivity index (χ4v) is 5.17. The Balaban J connectivity index is 1.94. The van der Waals surface area contributed by atoms with E-state index in [0.717, 1.165) is 21.2 Å². The van der Waals surface area contributed by atoms with Crippen molar-refractivity contribution in [2.24, 2.45) is 5.73 Å². The molecule has 8 nitrogen and oxygen atoms in total. The van der Waals surface area contributed by atoms with E-state index in [0.29, 0.717) is 19.3 Å². The van der Waals surface area contributed by atoms with Crippen molar-refractivity contribution in [2.75, 3.05) is 28.2 Å². The summed E-state index contributed by atoms with van der Waals surface area (Å²) >= 11 is 1.54. The van der Waals surface area contributed by atoms with Crippen LogP contribution in [0, 0.1) is 0 Å². The van der Waals surface area contributed by atoms with Gasteiger partial charge in [-0.3, -0.25) is 19.8 Å². The van der Waals surface area contributed by atoms with Gasteiger partial charge in [-0.15, -0.1) is 11.3 Å². The Morgan fingerprint density at radius 2 is 1.62 bits per heavy atom. The van der Waals surface area contributed by atoms with Gasteiger partial charge < -0.3 is 15.5 Å². The van der Waals surface area contributed by atoms with Crippen molar-refractivity contribution in [1.82, 2.24) is 20.2 Å². The van der Waals surface area contributed by atoms with Gasteiger partial charge in [0.15, 0.2) is 0 Å². The monoisotopic (exact) mass is 563 g/mol. The Morgan fingerprint density at radius 1 is 0.925 bits per heavy atom. The molecule has 0 aliphatic heterocycles. The van der Waals surface area contributed by atoms with Gasteiger partial charge in [-0.05, 0) is 54.1 Å². The third-order valence-corrected chi connectivity index (χ3v) is 7.57. The van der Waals surface area contributed by atoms with E-state index < -0.39 is 17.6 Å². The third-order valence-electron chi connectivity index (χ3n) is 6.67. The zero-order chi connectivity index (χ0) is 29.4. The smallest absolute Gasteiger partial charge is 0.257 e. The summed E-state index contributed by atoms with van der Waals surface area (Å²) in [6.45, 7) is 3.78. The van der Waals surface area contributed by atoms with Crippen molar-refractivity contribution in [1.29, 1.82) is 0 Å². The highest BCUT2D eigenvalue weighted by molar-refractivity contribution is 7.09. The van der Waals surface area contributed by atoms with Gasteiger partial charge >= 0.3 is 0 Å². The second-order valence-corrected chi connectivity index (χ2v) is 12.1. The highest BCUT2D eigenvalue weighted by Gasteiger charge is 2.35. The first-order valence-corrected chi connectivity index (χ1v) is 14.2. The van der Waals surface area contributed by atoms with Crippen LogP contribution in [-0.4, -0.2) is 78.3 Å². The maximum Gasteiger partial charge on any atom is 0.257 e. The number of nitrogens with two attached hydrogens (primary N) is 1. The quantitative estimate of drug-likeness (QED) is 0.259. The molecule has 3 aromatic rings. The number of amides is 3. The number of hydrogen-bond donors (Lipinski definition) is 2. The first-order valence-electron chi connectivity index (χ1n) is 13.3. The van der Waals surface area contributed by atoms with Crippen LogP contribution in [0.5, 0.6) is 0 Å². The lowest BCUT2D eigenvalue weighted by atomic mass is 9.99. The number of carbonyl (C=O) groups is 3. The van der Waals surface area contributed by atoms with Crippen molar-refractivity contribution in [2.45, 2.75) is 50.7 Å². The molecular weight excluding hydrogens is 522 g/mol. The number of hydrazine groups is 1. The Hall–Kier alpha value is -3.53. The summed E-state index contributed by atoms with van der Waals surface area (Å²) in [5, 5.41) is 5.66. The molecule has 40 heavy (non-hydrogen) atoms. The van der Waals surface area contributed by atoms with Crippen molar-refractivity contribution in [3.8, 4) is 0 Å². The molecule has 3 rings (SSSR count). The standard InChI is InChI=1S/C31H41N5O3S/c1-31(2,32)17-9-14-28(37)35(5)27(20-22-15-16-23-11-7-8-12-24(23)19-22)30(39)36(6)26(29(38)33-34(3)4)21-25-13-10-18-40-25/h7-16,18-19,26-27H,17,20-21,32H2,1-6H3,(H,33,38)/b14-9+/t26-,27?/m1/s1. The molecule has 214 valence electrons. The molecule has 1 aromatic heterocycles. The van der Waals surface area contributed by atoms with Crippen molar-refractivity contribution in [3.05, 3.63) is 82.6 Å². The van der Waals surface area contributed by atoms with Crippen molar-refractivity contribution >= 4 is 39.8 Å². The summed E-state index contributed by atoms with van der Waals surface area (Å²) in [6, 6.07) is 16.3. The number of nitrogens with zero attached hydrogens (tertiary/aromatic N) is 3. The van der Waals surface area contributed by atoms with Crippen LogP contribution >= 0.6 is 11.3 Å². The van der Waals surface area contributed by atoms with Crippen LogP contribution in [0.15, 0.2) is 72.1 Å². The fourth-order valence-electron chi connectivity index (χ4n) is 4.42. The second kappa shape index (κ2) is 13.7. The Kier molecular flexibility index (Phi) is 10.6. The predicted octanol–water partition coefficient (Wildman–Crippen LogP) is 3.62. The fraction of sp³-hybridized carbons (Fsp3) is 0.387. The number of likely N-dealkylation sites (N-methyl/N-ethyl adjacent to an activating group) is 2. The molecule has 9 heteroatoms. The number of rotatable bonds is 12. The van der Waals surface area contributed by atoms with Crippen LogP contribution in [0.1, 0.15) is 30.7 Å². The molecule has 3 amide bonds. The molecule has 0 saturated heterocycles. The molecule has 0 saturated carbocycles. The van der Waals surface area contributed by atoms with Gasteiger partial charge in [-0.1, -0.05) is 54.6 Å². The van der Waals surface area contributed by atoms with Gasteiger partial charge in [-0.25, -0.2) is 5.01 Å². The molecule has 0 spiro atoms. The number of nitrogens with one attached hydrogen (secondary N) is 1. The molecule has 1 heterocycles. The maximum absolute atomic E-state index is 14.1. The Labute approximate surface area is 241 Å². The van der Waals surface area contributed by atoms with Gasteiger partial charge in [-0.2, -0.15) is 0 Å². The van der Waals surface area contributed by atoms with Crippen LogP contribution < -0.4 is 11.2 Å². The lowest BCUT2D eigenvalue weighted by molar-refractivity contribution is -0.147. The lowest BCUT2D eigenvalue weighted by Gasteiger charge is -2.34. The van der Waals surface area contributed by atoms with Crippen molar-refractivity contribution in [3.63, 3.8) is 0 Å². The van der Waals surface area contributed by atoms with E-state index in [4.69, 9.17) is 5.73 Å². The highest BCUT2D eigenvalue weighted by atomic mass is 32.1. The topological polar surface area (TPSA) is 99.0 Å². The molecule has 0 aliphatic carbocycles. The summed E-state index contributed by atoms with van der Waals surface area (Å²) in [6.07, 6.45) is 4.39. The zero-order valence-corrected chi connectivity index (χ0v) is 25.1. The number of benzene rings is 2. The summed E-state index contributed by atoms with van der Waals surface area (Å²) in [5.41, 5.74) is 9.33. The molecule has 0 aliphatic rings. The first-order chi connectivity index (χ1) is 18.9. The number of hydrogen-bond acceptors (Lipinski definition) is 6. The minimum absolute atomic E-state index is 0.294. The average molecular weight is 564 g/mol. The largest absolute Gasteiger partial charge is 0.332 e. The van der Waals surface area contributed by atoms with Crippen LogP contribution in [-0.2, 0) is 27.2 Å². The Bertz CT molecular complexity index is 1330. The molecule has 2 atom stereocenters. The van der Waals surface area contributed by atoms with E-state index in [2.05, 4.69) is 5.43 Å². The van der Waals surface area contributed by atoms with Crippen LogP contribution in [0.2, 0.25) is 0 Å². The van der Waals surface area contributed by atoms with Crippen LogP contribution in [0.3, 0.4) is 0 Å². The summed E-state index contributed by atoms with van der Waals surface area (Å²) in [4.78, 5) is 44.6. The van der Waals surface area contributed by atoms with Gasteiger partial charge in [0.05, 0.1) is 0 Å². The van der Waals surface area contributed by atoms with E-state index in [9.17, 15) is 14.4 Å². The first kappa shape index (κ1) is 31.0. The van der Waals surface area contributed by atoms with E-state index in [1.807, 2.05) is 73.8 Å². The molecule has 0 fully saturated rings. The van der Waals surface area contributed by atoms with Gasteiger partial charge in [0.2, 0.25) is 11.8 Å². The number of thiophene rings is 1.